The Morgan fingerprint density at radius 1 is 0.333 bits per heavy atom. The molecule has 0 unspecified atom stereocenters. The summed E-state index contributed by atoms with van der Waals surface area (Å²) in [5, 5.41) is 11.8. The molecule has 3 heteroatoms. The molecule has 0 aliphatic heterocycles. The molecule has 2 aromatic heterocycles. The zero-order valence-electron chi connectivity index (χ0n) is 34.2. The maximum absolute atomic E-state index is 6.57. The highest BCUT2D eigenvalue weighted by Crippen LogP contribution is 2.50. The molecule has 0 amide bonds. The monoisotopic (exact) mass is 802 g/mol. The molecule has 0 spiro atoms. The summed E-state index contributed by atoms with van der Waals surface area (Å²) in [5.41, 5.74) is 13.1. The predicted molar refractivity (Wildman–Crippen MR) is 266 cm³/mol. The molecule has 0 aliphatic carbocycles. The largest absolute Gasteiger partial charge is 0.456 e. The summed E-state index contributed by atoms with van der Waals surface area (Å²) < 4.78 is 9.05. The van der Waals surface area contributed by atoms with Gasteiger partial charge in [0, 0.05) is 49.8 Å². The minimum absolute atomic E-state index is 0.867. The summed E-state index contributed by atoms with van der Waals surface area (Å²) in [4.78, 5) is 2.51. The number of benzene rings is 11. The summed E-state index contributed by atoms with van der Waals surface area (Å²) in [5.74, 6) is 0. The van der Waals surface area contributed by atoms with Crippen molar-refractivity contribution >= 4 is 93.1 Å². The van der Waals surface area contributed by atoms with E-state index in [1.807, 2.05) is 6.07 Å². The van der Waals surface area contributed by atoms with Crippen LogP contribution >= 0.6 is 0 Å². The molecule has 3 nitrogen and oxygen atoms in total. The minimum atomic E-state index is 0.867. The molecule has 2 heterocycles. The van der Waals surface area contributed by atoms with Crippen LogP contribution in [-0.4, -0.2) is 4.57 Å². The normalized spacial score (nSPS) is 11.8. The molecule has 0 saturated heterocycles. The van der Waals surface area contributed by atoms with Crippen molar-refractivity contribution in [3.05, 3.63) is 231 Å². The van der Waals surface area contributed by atoms with Crippen molar-refractivity contribution in [2.75, 3.05) is 4.90 Å². The van der Waals surface area contributed by atoms with Gasteiger partial charge in [0.25, 0.3) is 0 Å². The molecule has 0 bridgehead atoms. The number of furan rings is 1. The summed E-state index contributed by atoms with van der Waals surface area (Å²) in [6, 6.07) is 83.7. The fraction of sp³-hybridized carbons (Fsp3) is 0. The molecular formula is C60H38N2O. The topological polar surface area (TPSA) is 21.3 Å². The van der Waals surface area contributed by atoms with E-state index in [0.29, 0.717) is 0 Å². The van der Waals surface area contributed by atoms with Gasteiger partial charge in [-0.3, -0.25) is 0 Å². The number of hydrogen-bond acceptors (Lipinski definition) is 2. The first-order chi connectivity index (χ1) is 31.2. The molecule has 13 aromatic rings. The lowest BCUT2D eigenvalue weighted by atomic mass is 9.97. The zero-order chi connectivity index (χ0) is 41.4. The average molecular weight is 803 g/mol. The zero-order valence-corrected chi connectivity index (χ0v) is 34.2. The predicted octanol–water partition coefficient (Wildman–Crippen LogP) is 16.9. The average Bonchev–Trinajstić information content (AvgIpc) is 3.90. The van der Waals surface area contributed by atoms with Crippen molar-refractivity contribution in [2.45, 2.75) is 0 Å². The van der Waals surface area contributed by atoms with Crippen molar-refractivity contribution in [2.24, 2.45) is 0 Å². The van der Waals surface area contributed by atoms with Crippen molar-refractivity contribution in [1.82, 2.24) is 4.57 Å². The number of hydrogen-bond donors (Lipinski definition) is 0. The molecule has 0 atom stereocenters. The van der Waals surface area contributed by atoms with Gasteiger partial charge in [0.05, 0.1) is 22.4 Å². The smallest absolute Gasteiger partial charge is 0.137 e. The first kappa shape index (κ1) is 35.4. The van der Waals surface area contributed by atoms with Crippen LogP contribution in [0.5, 0.6) is 0 Å². The third kappa shape index (κ3) is 5.60. The minimum Gasteiger partial charge on any atom is -0.456 e. The Bertz CT molecular complexity index is 3900. The van der Waals surface area contributed by atoms with Gasteiger partial charge in [0.2, 0.25) is 0 Å². The van der Waals surface area contributed by atoms with E-state index in [2.05, 4.69) is 234 Å². The number of rotatable bonds is 6. The lowest BCUT2D eigenvalue weighted by Crippen LogP contribution is -2.11. The highest BCUT2D eigenvalue weighted by atomic mass is 16.3. The first-order valence-corrected chi connectivity index (χ1v) is 21.6. The van der Waals surface area contributed by atoms with Gasteiger partial charge in [-0.05, 0) is 92.3 Å². The lowest BCUT2D eigenvalue weighted by molar-refractivity contribution is 0.668. The Hall–Kier alpha value is -8.40. The molecule has 0 saturated carbocycles. The number of fused-ring (bicyclic) bond motifs is 11. The second kappa shape index (κ2) is 14.1. The van der Waals surface area contributed by atoms with Crippen LogP contribution in [0.15, 0.2) is 235 Å². The van der Waals surface area contributed by atoms with Gasteiger partial charge in [0.1, 0.15) is 11.2 Å². The van der Waals surface area contributed by atoms with Crippen molar-refractivity contribution in [1.29, 1.82) is 0 Å². The Balaban J connectivity index is 1.18. The molecule has 13 rings (SSSR count). The number of aromatic nitrogens is 1. The third-order valence-electron chi connectivity index (χ3n) is 12.9. The number of anilines is 3. The highest BCUT2D eigenvalue weighted by molar-refractivity contribution is 6.26. The van der Waals surface area contributed by atoms with E-state index < -0.39 is 0 Å². The first-order valence-electron chi connectivity index (χ1n) is 21.6. The van der Waals surface area contributed by atoms with Crippen molar-refractivity contribution in [3.8, 4) is 27.9 Å². The Morgan fingerprint density at radius 3 is 1.63 bits per heavy atom. The van der Waals surface area contributed by atoms with Crippen LogP contribution in [0.4, 0.5) is 17.1 Å². The van der Waals surface area contributed by atoms with E-state index in [0.717, 1.165) is 66.7 Å². The molecule has 11 aromatic carbocycles. The van der Waals surface area contributed by atoms with E-state index in [9.17, 15) is 0 Å². The van der Waals surface area contributed by atoms with Gasteiger partial charge in [-0.2, -0.15) is 0 Å². The SMILES string of the molecule is c1ccc(-c2ccc(N(c3cc4ccccc4c4ccccc34)c3cc4ccccc4c4c3c3ccc(-c5ccccc5)cc3n4-c3ccc4c(c3)oc3ccccc34)cc2)cc1. The lowest BCUT2D eigenvalue weighted by Gasteiger charge is -2.29. The molecule has 294 valence electrons. The van der Waals surface area contributed by atoms with Gasteiger partial charge in [0.15, 0.2) is 0 Å². The van der Waals surface area contributed by atoms with Gasteiger partial charge in [-0.1, -0.05) is 176 Å². The summed E-state index contributed by atoms with van der Waals surface area (Å²) in [7, 11) is 0. The van der Waals surface area contributed by atoms with Crippen LogP contribution in [0.1, 0.15) is 0 Å². The third-order valence-corrected chi connectivity index (χ3v) is 12.9. The van der Waals surface area contributed by atoms with E-state index in [1.165, 1.54) is 54.4 Å². The van der Waals surface area contributed by atoms with E-state index in [4.69, 9.17) is 4.42 Å². The van der Waals surface area contributed by atoms with Crippen LogP contribution in [0.3, 0.4) is 0 Å². The van der Waals surface area contributed by atoms with Gasteiger partial charge < -0.3 is 13.9 Å². The maximum Gasteiger partial charge on any atom is 0.137 e. The maximum atomic E-state index is 6.57. The van der Waals surface area contributed by atoms with E-state index in [1.54, 1.807) is 0 Å². The van der Waals surface area contributed by atoms with E-state index in [-0.39, 0.29) is 0 Å². The van der Waals surface area contributed by atoms with Crippen LogP contribution in [-0.2, 0) is 0 Å². The number of para-hydroxylation sites is 1. The Labute approximate surface area is 363 Å². The summed E-state index contributed by atoms with van der Waals surface area (Å²) in [6.45, 7) is 0. The van der Waals surface area contributed by atoms with Crippen LogP contribution in [0.2, 0.25) is 0 Å². The molecule has 0 fully saturated rings. The summed E-state index contributed by atoms with van der Waals surface area (Å²) in [6.07, 6.45) is 0. The van der Waals surface area contributed by atoms with Crippen LogP contribution in [0, 0.1) is 0 Å². The van der Waals surface area contributed by atoms with Gasteiger partial charge in [-0.25, -0.2) is 0 Å². The van der Waals surface area contributed by atoms with Crippen molar-refractivity contribution < 1.29 is 4.42 Å². The molecule has 63 heavy (non-hydrogen) atoms. The summed E-state index contributed by atoms with van der Waals surface area (Å²) >= 11 is 0. The van der Waals surface area contributed by atoms with E-state index >= 15 is 0 Å². The fourth-order valence-electron chi connectivity index (χ4n) is 10.0. The highest BCUT2D eigenvalue weighted by Gasteiger charge is 2.26. The van der Waals surface area contributed by atoms with Crippen LogP contribution < -0.4 is 4.90 Å². The Kier molecular flexibility index (Phi) is 7.91. The molecular weight excluding hydrogens is 765 g/mol. The molecule has 0 radical (unpaired) electrons. The standard InChI is InChI=1S/C60H38N2O/c1-3-15-39(16-4-1)41-27-30-45(31-28-41)61(54-36-43-19-7-9-21-47(43)49-23-11-12-24-50(49)54)56-37-44-20-8-10-22-48(44)60-59(56)53-33-29-42(40-17-5-2-6-18-40)35-55(53)62(60)46-32-34-52-51-25-13-14-26-57(51)63-58(52)38-46/h1-38H. The van der Waals surface area contributed by atoms with Gasteiger partial charge in [-0.15, -0.1) is 0 Å². The molecule has 0 aliphatic rings. The number of nitrogens with zero attached hydrogens (tertiary/aromatic N) is 2. The van der Waals surface area contributed by atoms with Crippen molar-refractivity contribution in [3.63, 3.8) is 0 Å². The Morgan fingerprint density at radius 2 is 0.873 bits per heavy atom. The fourth-order valence-corrected chi connectivity index (χ4v) is 10.0. The van der Waals surface area contributed by atoms with Crippen LogP contribution in [0.25, 0.3) is 104 Å². The second-order valence-electron chi connectivity index (χ2n) is 16.5. The molecule has 0 N–H and O–H groups in total. The van der Waals surface area contributed by atoms with Gasteiger partial charge >= 0.3 is 0 Å². The second-order valence-corrected chi connectivity index (χ2v) is 16.5. The quantitative estimate of drug-likeness (QED) is 0.156.